The zero-order valence-corrected chi connectivity index (χ0v) is 17.5. The minimum Gasteiger partial charge on any atom is -0.361 e. The van der Waals surface area contributed by atoms with E-state index in [4.69, 9.17) is 4.52 Å². The summed E-state index contributed by atoms with van der Waals surface area (Å²) in [5, 5.41) is 9.72. The van der Waals surface area contributed by atoms with Crippen LogP contribution < -0.4 is 10.6 Å². The van der Waals surface area contributed by atoms with E-state index in [1.54, 1.807) is 0 Å². The van der Waals surface area contributed by atoms with E-state index in [0.717, 1.165) is 53.1 Å². The fourth-order valence-electron chi connectivity index (χ4n) is 3.59. The lowest BCUT2D eigenvalue weighted by molar-refractivity contribution is -0.122. The van der Waals surface area contributed by atoms with Crippen LogP contribution in [-0.2, 0) is 28.2 Å². The van der Waals surface area contributed by atoms with Crippen molar-refractivity contribution in [3.63, 3.8) is 0 Å². The van der Waals surface area contributed by atoms with Crippen molar-refractivity contribution in [2.45, 2.75) is 52.2 Å². The Morgan fingerprint density at radius 1 is 1.11 bits per heavy atom. The van der Waals surface area contributed by atoms with Crippen LogP contribution in [0.2, 0.25) is 0 Å². The third-order valence-corrected chi connectivity index (χ3v) is 5.83. The second-order valence-corrected chi connectivity index (χ2v) is 8.32. The maximum absolute atomic E-state index is 12.2. The maximum Gasteiger partial charge on any atom is 0.243 e. The molecule has 0 bridgehead atoms. The molecule has 0 aliphatic heterocycles. The molecule has 1 aliphatic rings. The fraction of sp³-hybridized carbons (Fsp3) is 0.476. The van der Waals surface area contributed by atoms with E-state index in [1.807, 2.05) is 32.9 Å². The van der Waals surface area contributed by atoms with Crippen molar-refractivity contribution in [2.24, 2.45) is 0 Å². The number of nitrogens with one attached hydrogen (secondary N) is 2. The number of aromatic nitrogens is 1. The zero-order chi connectivity index (χ0) is 20.1. The largest absolute Gasteiger partial charge is 0.361 e. The van der Waals surface area contributed by atoms with E-state index in [9.17, 15) is 9.59 Å². The molecule has 0 fully saturated rings. The van der Waals surface area contributed by atoms with Crippen LogP contribution in [0.3, 0.4) is 0 Å². The average molecular weight is 402 g/mol. The van der Waals surface area contributed by atoms with E-state index >= 15 is 0 Å². The number of thioether (sulfide) groups is 1. The molecule has 2 aromatic rings. The molecule has 1 aromatic carbocycles. The summed E-state index contributed by atoms with van der Waals surface area (Å²) in [6.07, 6.45) is 4.30. The Labute approximate surface area is 169 Å². The lowest BCUT2D eigenvalue weighted by atomic mass is 9.97. The molecular formula is C21H27N3O3S. The Bertz CT molecular complexity index is 853. The van der Waals surface area contributed by atoms with Gasteiger partial charge in [0.15, 0.2) is 0 Å². The Morgan fingerprint density at radius 3 is 2.57 bits per heavy atom. The molecule has 2 amide bonds. The summed E-state index contributed by atoms with van der Waals surface area (Å²) in [5.74, 6) is 1.57. The van der Waals surface area contributed by atoms with Crippen molar-refractivity contribution in [2.75, 3.05) is 17.6 Å². The van der Waals surface area contributed by atoms with Crippen molar-refractivity contribution >= 4 is 29.3 Å². The van der Waals surface area contributed by atoms with Gasteiger partial charge in [-0.1, -0.05) is 22.9 Å². The summed E-state index contributed by atoms with van der Waals surface area (Å²) >= 11 is 1.49. The van der Waals surface area contributed by atoms with Crippen LogP contribution in [-0.4, -0.2) is 29.3 Å². The number of fused-ring (bicyclic) bond motifs is 1. The number of aryl methyl sites for hydroxylation is 4. The van der Waals surface area contributed by atoms with Crippen LogP contribution >= 0.6 is 11.8 Å². The molecule has 3 rings (SSSR count). The van der Waals surface area contributed by atoms with Gasteiger partial charge in [-0.2, -0.15) is 0 Å². The zero-order valence-electron chi connectivity index (χ0n) is 16.7. The smallest absolute Gasteiger partial charge is 0.243 e. The van der Waals surface area contributed by atoms with Gasteiger partial charge in [-0.25, -0.2) is 0 Å². The first-order valence-corrected chi connectivity index (χ1v) is 10.8. The molecule has 1 aromatic heterocycles. The number of rotatable bonds is 7. The van der Waals surface area contributed by atoms with Gasteiger partial charge in [0.25, 0.3) is 0 Å². The summed E-state index contributed by atoms with van der Waals surface area (Å²) in [7, 11) is 0. The SMILES string of the molecule is Cc1cc(C)c(NC(=O)CNC(=O)CSCc2noc3c2CCCC3)c(C)c1. The van der Waals surface area contributed by atoms with Gasteiger partial charge in [-0.3, -0.25) is 9.59 Å². The Balaban J connectivity index is 1.41. The van der Waals surface area contributed by atoms with E-state index in [2.05, 4.69) is 15.8 Å². The lowest BCUT2D eigenvalue weighted by Crippen LogP contribution is -2.34. The first-order chi connectivity index (χ1) is 13.4. The topological polar surface area (TPSA) is 84.2 Å². The van der Waals surface area contributed by atoms with Crippen molar-refractivity contribution < 1.29 is 14.1 Å². The van der Waals surface area contributed by atoms with Crippen LogP contribution in [0.1, 0.15) is 46.5 Å². The molecule has 1 aliphatic carbocycles. The molecule has 1 heterocycles. The van der Waals surface area contributed by atoms with Gasteiger partial charge < -0.3 is 15.2 Å². The standard InChI is InChI=1S/C21H27N3O3S/c1-13-8-14(2)21(15(3)9-13)23-19(25)10-22-20(26)12-28-11-17-16-6-4-5-7-18(16)27-24-17/h8-9H,4-7,10-12H2,1-3H3,(H,22,26)(H,23,25). The van der Waals surface area contributed by atoms with Gasteiger partial charge in [-0.15, -0.1) is 11.8 Å². The molecule has 150 valence electrons. The molecule has 2 N–H and O–H groups in total. The van der Waals surface area contributed by atoms with Crippen molar-refractivity contribution in [3.8, 4) is 0 Å². The summed E-state index contributed by atoms with van der Waals surface area (Å²) in [6, 6.07) is 4.06. The number of benzene rings is 1. The van der Waals surface area contributed by atoms with E-state index in [-0.39, 0.29) is 24.1 Å². The quantitative estimate of drug-likeness (QED) is 0.742. The maximum atomic E-state index is 12.2. The molecule has 28 heavy (non-hydrogen) atoms. The summed E-state index contributed by atoms with van der Waals surface area (Å²) < 4.78 is 5.39. The lowest BCUT2D eigenvalue weighted by Gasteiger charge is -2.13. The van der Waals surface area contributed by atoms with E-state index in [0.29, 0.717) is 5.75 Å². The number of hydrogen-bond acceptors (Lipinski definition) is 5. The third kappa shape index (κ3) is 5.16. The second kappa shape index (κ2) is 9.28. The van der Waals surface area contributed by atoms with Gasteiger partial charge in [0.05, 0.1) is 18.0 Å². The first-order valence-electron chi connectivity index (χ1n) is 9.62. The molecule has 0 unspecified atom stereocenters. The van der Waals surface area contributed by atoms with E-state index in [1.165, 1.54) is 23.7 Å². The van der Waals surface area contributed by atoms with Gasteiger partial charge >= 0.3 is 0 Å². The van der Waals surface area contributed by atoms with Crippen LogP contribution in [0.5, 0.6) is 0 Å². The molecule has 0 radical (unpaired) electrons. The van der Waals surface area contributed by atoms with Crippen LogP contribution in [0.25, 0.3) is 0 Å². The van der Waals surface area contributed by atoms with Crippen molar-refractivity contribution in [3.05, 3.63) is 45.8 Å². The Hall–Kier alpha value is -2.28. The number of nitrogens with zero attached hydrogens (tertiary/aromatic N) is 1. The molecule has 0 saturated heterocycles. The average Bonchev–Trinajstić information content (AvgIpc) is 3.06. The first kappa shape index (κ1) is 20.5. The predicted octanol–water partition coefficient (Wildman–Crippen LogP) is 3.47. The van der Waals surface area contributed by atoms with Crippen molar-refractivity contribution in [1.29, 1.82) is 0 Å². The highest BCUT2D eigenvalue weighted by Crippen LogP contribution is 2.26. The number of carbonyl (C=O) groups excluding carboxylic acids is 2. The minimum atomic E-state index is -0.223. The number of carbonyl (C=O) groups is 2. The highest BCUT2D eigenvalue weighted by atomic mass is 32.2. The molecule has 6 nitrogen and oxygen atoms in total. The van der Waals surface area contributed by atoms with Gasteiger partial charge in [-0.05, 0) is 51.2 Å². The third-order valence-electron chi connectivity index (χ3n) is 4.89. The van der Waals surface area contributed by atoms with Crippen LogP contribution in [0.4, 0.5) is 5.69 Å². The summed E-state index contributed by atoms with van der Waals surface area (Å²) in [4.78, 5) is 24.2. The van der Waals surface area contributed by atoms with Gasteiger partial charge in [0, 0.05) is 23.4 Å². The molecule has 0 spiro atoms. The summed E-state index contributed by atoms with van der Waals surface area (Å²) in [6.45, 7) is 5.92. The highest BCUT2D eigenvalue weighted by molar-refractivity contribution is 7.99. The predicted molar refractivity (Wildman–Crippen MR) is 112 cm³/mol. The molecule has 7 heteroatoms. The van der Waals surface area contributed by atoms with Crippen molar-refractivity contribution in [1.82, 2.24) is 10.5 Å². The fourth-order valence-corrected chi connectivity index (χ4v) is 4.40. The molecule has 0 atom stereocenters. The number of hydrogen-bond donors (Lipinski definition) is 2. The summed E-state index contributed by atoms with van der Waals surface area (Å²) in [5.41, 5.74) is 6.19. The minimum absolute atomic E-state index is 0.0362. The van der Waals surface area contributed by atoms with Crippen LogP contribution in [0, 0.1) is 20.8 Å². The Morgan fingerprint density at radius 2 is 1.82 bits per heavy atom. The van der Waals surface area contributed by atoms with Crippen LogP contribution in [0.15, 0.2) is 16.7 Å². The van der Waals surface area contributed by atoms with Gasteiger partial charge in [0.2, 0.25) is 11.8 Å². The monoisotopic (exact) mass is 401 g/mol. The molecular weight excluding hydrogens is 374 g/mol. The molecule has 0 saturated carbocycles. The number of anilines is 1. The highest BCUT2D eigenvalue weighted by Gasteiger charge is 2.19. The number of amides is 2. The second-order valence-electron chi connectivity index (χ2n) is 7.33. The van der Waals surface area contributed by atoms with Gasteiger partial charge in [0.1, 0.15) is 5.76 Å². The van der Waals surface area contributed by atoms with E-state index < -0.39 is 0 Å². The normalized spacial score (nSPS) is 13.1. The Kier molecular flexibility index (Phi) is 6.78.